The lowest BCUT2D eigenvalue weighted by atomic mass is 10.2. The molecule has 2 nitrogen and oxygen atoms in total. The van der Waals surface area contributed by atoms with E-state index in [1.165, 1.54) is 5.56 Å². The van der Waals surface area contributed by atoms with Gasteiger partial charge in [0.1, 0.15) is 0 Å². The number of benzene rings is 1. The molecule has 0 saturated heterocycles. The number of anilines is 1. The molecule has 0 amide bonds. The van der Waals surface area contributed by atoms with Gasteiger partial charge in [-0.15, -0.1) is 11.6 Å². The zero-order chi connectivity index (χ0) is 11.2. The largest absolute Gasteiger partial charge is 0.381 e. The van der Waals surface area contributed by atoms with Crippen molar-refractivity contribution >= 4 is 17.3 Å². The molecule has 16 heavy (non-hydrogen) atoms. The first-order chi connectivity index (χ1) is 7.88. The molecule has 0 aliphatic rings. The molecule has 0 radical (unpaired) electrons. The number of alkyl halides is 1. The molecule has 2 rings (SSSR count). The lowest BCUT2D eigenvalue weighted by molar-refractivity contribution is 1.12. The molecule has 3 heteroatoms. The molecule has 0 atom stereocenters. The molecule has 0 unspecified atom stereocenters. The van der Waals surface area contributed by atoms with Crippen LogP contribution in [0.1, 0.15) is 11.1 Å². The highest BCUT2D eigenvalue weighted by atomic mass is 35.5. The molecule has 2 aromatic rings. The summed E-state index contributed by atoms with van der Waals surface area (Å²) in [5, 5.41) is 3.35. The highest BCUT2D eigenvalue weighted by molar-refractivity contribution is 6.17. The summed E-state index contributed by atoms with van der Waals surface area (Å²) < 4.78 is 0. The van der Waals surface area contributed by atoms with E-state index in [0.29, 0.717) is 5.88 Å². The number of pyridine rings is 1. The van der Waals surface area contributed by atoms with Crippen LogP contribution in [-0.4, -0.2) is 4.98 Å². The Hall–Kier alpha value is -1.54. The summed E-state index contributed by atoms with van der Waals surface area (Å²) in [4.78, 5) is 3.98. The Morgan fingerprint density at radius 2 is 1.88 bits per heavy atom. The van der Waals surface area contributed by atoms with Gasteiger partial charge in [0.15, 0.2) is 0 Å². The Balaban J connectivity index is 1.99. The number of hydrogen-bond donors (Lipinski definition) is 1. The van der Waals surface area contributed by atoms with E-state index >= 15 is 0 Å². The van der Waals surface area contributed by atoms with Gasteiger partial charge in [-0.25, -0.2) is 0 Å². The third-order valence-electron chi connectivity index (χ3n) is 2.33. The Morgan fingerprint density at radius 1 is 1.06 bits per heavy atom. The second kappa shape index (κ2) is 5.52. The third-order valence-corrected chi connectivity index (χ3v) is 2.64. The van der Waals surface area contributed by atoms with Gasteiger partial charge in [0.05, 0.1) is 0 Å². The molecule has 0 saturated carbocycles. The zero-order valence-electron chi connectivity index (χ0n) is 8.86. The predicted molar refractivity (Wildman–Crippen MR) is 67.6 cm³/mol. The number of hydrogen-bond acceptors (Lipinski definition) is 2. The molecule has 0 aliphatic heterocycles. The van der Waals surface area contributed by atoms with Crippen molar-refractivity contribution in [3.8, 4) is 0 Å². The van der Waals surface area contributed by atoms with E-state index in [2.05, 4.69) is 16.4 Å². The summed E-state index contributed by atoms with van der Waals surface area (Å²) >= 11 is 5.78. The normalized spacial score (nSPS) is 10.1. The van der Waals surface area contributed by atoms with Gasteiger partial charge in [-0.2, -0.15) is 0 Å². The van der Waals surface area contributed by atoms with E-state index in [1.54, 1.807) is 12.4 Å². The SMILES string of the molecule is ClCc1cccc(NCc2ccncc2)c1. The van der Waals surface area contributed by atoms with Crippen LogP contribution in [0.3, 0.4) is 0 Å². The summed E-state index contributed by atoms with van der Waals surface area (Å²) in [5.41, 5.74) is 3.43. The van der Waals surface area contributed by atoms with Crippen LogP contribution in [0.15, 0.2) is 48.8 Å². The van der Waals surface area contributed by atoms with Gasteiger partial charge in [0, 0.05) is 30.5 Å². The highest BCUT2D eigenvalue weighted by Crippen LogP contribution is 2.13. The van der Waals surface area contributed by atoms with E-state index in [0.717, 1.165) is 17.8 Å². The molecular formula is C13H13ClN2. The van der Waals surface area contributed by atoms with Crippen molar-refractivity contribution in [3.63, 3.8) is 0 Å². The monoisotopic (exact) mass is 232 g/mol. The first kappa shape index (κ1) is 11.0. The average Bonchev–Trinajstić information content (AvgIpc) is 2.38. The van der Waals surface area contributed by atoms with Gasteiger partial charge in [0.2, 0.25) is 0 Å². The second-order valence-electron chi connectivity index (χ2n) is 3.54. The van der Waals surface area contributed by atoms with Gasteiger partial charge < -0.3 is 5.32 Å². The fraction of sp³-hybridized carbons (Fsp3) is 0.154. The lowest BCUT2D eigenvalue weighted by Gasteiger charge is -2.07. The first-order valence-corrected chi connectivity index (χ1v) is 5.69. The van der Waals surface area contributed by atoms with Gasteiger partial charge in [-0.3, -0.25) is 4.98 Å². The summed E-state index contributed by atoms with van der Waals surface area (Å²) in [6.07, 6.45) is 3.60. The van der Waals surface area contributed by atoms with Crippen molar-refractivity contribution in [2.75, 3.05) is 5.32 Å². The van der Waals surface area contributed by atoms with Gasteiger partial charge in [-0.1, -0.05) is 12.1 Å². The molecule has 1 aromatic carbocycles. The van der Waals surface area contributed by atoms with Crippen molar-refractivity contribution < 1.29 is 0 Å². The molecule has 1 aromatic heterocycles. The maximum Gasteiger partial charge on any atom is 0.0474 e. The molecule has 0 aliphatic carbocycles. The summed E-state index contributed by atoms with van der Waals surface area (Å²) in [6.45, 7) is 0.800. The fourth-order valence-corrected chi connectivity index (χ4v) is 1.64. The van der Waals surface area contributed by atoms with Crippen LogP contribution in [0.5, 0.6) is 0 Å². The Kier molecular flexibility index (Phi) is 3.78. The lowest BCUT2D eigenvalue weighted by Crippen LogP contribution is -1.99. The van der Waals surface area contributed by atoms with E-state index in [4.69, 9.17) is 11.6 Å². The smallest absolute Gasteiger partial charge is 0.0474 e. The summed E-state index contributed by atoms with van der Waals surface area (Å²) in [5.74, 6) is 0.546. The molecular weight excluding hydrogens is 220 g/mol. The van der Waals surface area contributed by atoms with Gasteiger partial charge in [0.25, 0.3) is 0 Å². The topological polar surface area (TPSA) is 24.9 Å². The average molecular weight is 233 g/mol. The molecule has 1 N–H and O–H groups in total. The number of nitrogens with zero attached hydrogens (tertiary/aromatic N) is 1. The van der Waals surface area contributed by atoms with Crippen molar-refractivity contribution in [2.45, 2.75) is 12.4 Å². The number of rotatable bonds is 4. The molecule has 0 bridgehead atoms. The number of halogens is 1. The van der Waals surface area contributed by atoms with Crippen LogP contribution in [0.25, 0.3) is 0 Å². The highest BCUT2D eigenvalue weighted by Gasteiger charge is 1.95. The van der Waals surface area contributed by atoms with Crippen LogP contribution in [0.4, 0.5) is 5.69 Å². The van der Waals surface area contributed by atoms with E-state index in [1.807, 2.05) is 30.3 Å². The van der Waals surface area contributed by atoms with Crippen LogP contribution in [0.2, 0.25) is 0 Å². The maximum atomic E-state index is 5.78. The van der Waals surface area contributed by atoms with Crippen LogP contribution in [0, 0.1) is 0 Å². The van der Waals surface area contributed by atoms with E-state index in [-0.39, 0.29) is 0 Å². The van der Waals surface area contributed by atoms with Crippen molar-refractivity contribution in [1.29, 1.82) is 0 Å². The fourth-order valence-electron chi connectivity index (χ4n) is 1.47. The maximum absolute atomic E-state index is 5.78. The Bertz CT molecular complexity index is 443. The molecule has 0 fully saturated rings. The molecule has 0 spiro atoms. The Morgan fingerprint density at radius 3 is 2.62 bits per heavy atom. The van der Waals surface area contributed by atoms with Crippen molar-refractivity contribution in [3.05, 3.63) is 59.9 Å². The molecule has 1 heterocycles. The van der Waals surface area contributed by atoms with Crippen molar-refractivity contribution in [1.82, 2.24) is 4.98 Å². The standard InChI is InChI=1S/C13H13ClN2/c14-9-12-2-1-3-13(8-12)16-10-11-4-6-15-7-5-11/h1-8,16H,9-10H2. The minimum atomic E-state index is 0.546. The van der Waals surface area contributed by atoms with Gasteiger partial charge >= 0.3 is 0 Å². The predicted octanol–water partition coefficient (Wildman–Crippen LogP) is 3.43. The minimum absolute atomic E-state index is 0.546. The van der Waals surface area contributed by atoms with Crippen molar-refractivity contribution in [2.24, 2.45) is 0 Å². The quantitative estimate of drug-likeness (QED) is 0.817. The summed E-state index contributed by atoms with van der Waals surface area (Å²) in [6, 6.07) is 12.1. The van der Waals surface area contributed by atoms with Crippen LogP contribution >= 0.6 is 11.6 Å². The molecule has 82 valence electrons. The second-order valence-corrected chi connectivity index (χ2v) is 3.81. The first-order valence-electron chi connectivity index (χ1n) is 5.16. The van der Waals surface area contributed by atoms with Gasteiger partial charge in [-0.05, 0) is 35.4 Å². The number of nitrogens with one attached hydrogen (secondary N) is 1. The number of aromatic nitrogens is 1. The minimum Gasteiger partial charge on any atom is -0.381 e. The van der Waals surface area contributed by atoms with Crippen LogP contribution < -0.4 is 5.32 Å². The third kappa shape index (κ3) is 2.97. The zero-order valence-corrected chi connectivity index (χ0v) is 9.61. The summed E-state index contributed by atoms with van der Waals surface area (Å²) in [7, 11) is 0. The van der Waals surface area contributed by atoms with E-state index < -0.39 is 0 Å². The Labute approximate surface area is 100 Å². The van der Waals surface area contributed by atoms with E-state index in [9.17, 15) is 0 Å². The van der Waals surface area contributed by atoms with Crippen LogP contribution in [-0.2, 0) is 12.4 Å².